The maximum absolute atomic E-state index is 12.6. The summed E-state index contributed by atoms with van der Waals surface area (Å²) in [4.78, 5) is 26.9. The number of morpholine rings is 1. The van der Waals surface area contributed by atoms with Gasteiger partial charge in [0.1, 0.15) is 5.41 Å². The monoisotopic (exact) mass is 342 g/mol. The first-order chi connectivity index (χ1) is 10.5. The van der Waals surface area contributed by atoms with E-state index >= 15 is 0 Å². The van der Waals surface area contributed by atoms with Crippen LogP contribution in [0.2, 0.25) is 10.0 Å². The van der Waals surface area contributed by atoms with E-state index in [1.165, 1.54) is 0 Å². The molecule has 2 aliphatic rings. The van der Waals surface area contributed by atoms with Crippen molar-refractivity contribution in [2.45, 2.75) is 12.8 Å². The summed E-state index contributed by atoms with van der Waals surface area (Å²) >= 11 is 12.0. The van der Waals surface area contributed by atoms with Crippen LogP contribution in [0.15, 0.2) is 18.2 Å². The Morgan fingerprint density at radius 2 is 1.86 bits per heavy atom. The molecule has 0 aromatic heterocycles. The van der Waals surface area contributed by atoms with Crippen LogP contribution in [0.3, 0.4) is 0 Å². The van der Waals surface area contributed by atoms with Crippen molar-refractivity contribution in [3.05, 3.63) is 28.2 Å². The fraction of sp³-hybridized carbons (Fsp3) is 0.467. The number of nitrogens with zero attached hydrogens (tertiary/aromatic N) is 1. The first kappa shape index (κ1) is 15.6. The predicted molar refractivity (Wildman–Crippen MR) is 84.2 cm³/mol. The smallest absolute Gasteiger partial charge is 0.240 e. The molecular weight excluding hydrogens is 327 g/mol. The lowest BCUT2D eigenvalue weighted by Gasteiger charge is -2.30. The van der Waals surface area contributed by atoms with Crippen molar-refractivity contribution in [2.24, 2.45) is 5.41 Å². The quantitative estimate of drug-likeness (QED) is 0.859. The highest BCUT2D eigenvalue weighted by Crippen LogP contribution is 2.48. The summed E-state index contributed by atoms with van der Waals surface area (Å²) < 4.78 is 5.24. The van der Waals surface area contributed by atoms with Gasteiger partial charge in [0.05, 0.1) is 28.9 Å². The molecule has 0 radical (unpaired) electrons. The number of amides is 2. The molecule has 1 saturated carbocycles. The molecule has 1 heterocycles. The van der Waals surface area contributed by atoms with Crippen LogP contribution in [0.25, 0.3) is 0 Å². The standard InChI is InChI=1S/C15H16Cl2N2O3/c16-10-2-1-3-11(12(10)17)18-13(20)15(4-5-15)14(21)19-6-8-22-9-7-19/h1-3H,4-9H2,(H,18,20). The number of halogens is 2. The number of hydrogen-bond acceptors (Lipinski definition) is 3. The molecular formula is C15H16Cl2N2O3. The fourth-order valence-corrected chi connectivity index (χ4v) is 2.92. The Kier molecular flexibility index (Phi) is 4.30. The van der Waals surface area contributed by atoms with Gasteiger partial charge in [-0.2, -0.15) is 0 Å². The molecule has 7 heteroatoms. The van der Waals surface area contributed by atoms with Gasteiger partial charge in [0.2, 0.25) is 11.8 Å². The van der Waals surface area contributed by atoms with Gasteiger partial charge in [0.25, 0.3) is 0 Å². The van der Waals surface area contributed by atoms with E-state index in [4.69, 9.17) is 27.9 Å². The normalized spacial score (nSPS) is 19.6. The molecule has 0 atom stereocenters. The Morgan fingerprint density at radius 1 is 1.18 bits per heavy atom. The van der Waals surface area contributed by atoms with E-state index in [0.717, 1.165) is 0 Å². The van der Waals surface area contributed by atoms with Crippen molar-refractivity contribution < 1.29 is 14.3 Å². The SMILES string of the molecule is O=C(Nc1cccc(Cl)c1Cl)C1(C(=O)N2CCOCC2)CC1. The van der Waals surface area contributed by atoms with Crippen LogP contribution < -0.4 is 5.32 Å². The van der Waals surface area contributed by atoms with Crippen LogP contribution in [0.1, 0.15) is 12.8 Å². The zero-order valence-electron chi connectivity index (χ0n) is 11.9. The molecule has 118 valence electrons. The average molecular weight is 343 g/mol. The average Bonchev–Trinajstić information content (AvgIpc) is 3.34. The van der Waals surface area contributed by atoms with Crippen LogP contribution in [0.4, 0.5) is 5.69 Å². The van der Waals surface area contributed by atoms with E-state index in [9.17, 15) is 9.59 Å². The first-order valence-corrected chi connectivity index (χ1v) is 7.93. The van der Waals surface area contributed by atoms with E-state index in [-0.39, 0.29) is 16.8 Å². The Bertz CT molecular complexity index is 611. The molecule has 1 saturated heterocycles. The fourth-order valence-electron chi connectivity index (χ4n) is 2.57. The maximum Gasteiger partial charge on any atom is 0.240 e. The minimum atomic E-state index is -0.955. The summed E-state index contributed by atoms with van der Waals surface area (Å²) in [6, 6.07) is 5.01. The van der Waals surface area contributed by atoms with Crippen molar-refractivity contribution in [1.82, 2.24) is 4.90 Å². The van der Waals surface area contributed by atoms with Gasteiger partial charge in [-0.15, -0.1) is 0 Å². The van der Waals surface area contributed by atoms with Gasteiger partial charge in [-0.1, -0.05) is 29.3 Å². The highest BCUT2D eigenvalue weighted by Gasteiger charge is 2.58. The second kappa shape index (κ2) is 6.07. The predicted octanol–water partition coefficient (Wildman–Crippen LogP) is 2.57. The zero-order valence-corrected chi connectivity index (χ0v) is 13.4. The number of carbonyl (C=O) groups is 2. The van der Waals surface area contributed by atoms with E-state index < -0.39 is 5.41 Å². The van der Waals surface area contributed by atoms with Gasteiger partial charge in [-0.25, -0.2) is 0 Å². The Hall–Kier alpha value is -1.30. The summed E-state index contributed by atoms with van der Waals surface area (Å²) in [5, 5.41) is 3.39. The van der Waals surface area contributed by atoms with Gasteiger partial charge in [-0.05, 0) is 25.0 Å². The molecule has 22 heavy (non-hydrogen) atoms. The van der Waals surface area contributed by atoms with E-state index in [2.05, 4.69) is 5.32 Å². The van der Waals surface area contributed by atoms with Crippen molar-refractivity contribution in [3.63, 3.8) is 0 Å². The lowest BCUT2D eigenvalue weighted by Crippen LogP contribution is -2.47. The summed E-state index contributed by atoms with van der Waals surface area (Å²) in [6.45, 7) is 2.10. The van der Waals surface area contributed by atoms with Crippen LogP contribution in [-0.2, 0) is 14.3 Å². The van der Waals surface area contributed by atoms with Gasteiger partial charge in [0.15, 0.2) is 0 Å². The molecule has 1 aromatic carbocycles. The molecule has 1 aliphatic heterocycles. The summed E-state index contributed by atoms with van der Waals surface area (Å²) in [5.74, 6) is -0.431. The minimum Gasteiger partial charge on any atom is -0.378 e. The number of carbonyl (C=O) groups excluding carboxylic acids is 2. The zero-order chi connectivity index (χ0) is 15.7. The van der Waals surface area contributed by atoms with Crippen LogP contribution in [0, 0.1) is 5.41 Å². The Balaban J connectivity index is 1.73. The Morgan fingerprint density at radius 3 is 2.50 bits per heavy atom. The van der Waals surface area contributed by atoms with Gasteiger partial charge in [-0.3, -0.25) is 9.59 Å². The lowest BCUT2D eigenvalue weighted by molar-refractivity contribution is -0.145. The molecule has 2 fully saturated rings. The third kappa shape index (κ3) is 2.81. The second-order valence-corrected chi connectivity index (χ2v) is 6.33. The summed E-state index contributed by atoms with van der Waals surface area (Å²) in [5.41, 5.74) is -0.525. The van der Waals surface area contributed by atoms with Crippen LogP contribution in [0.5, 0.6) is 0 Å². The molecule has 0 spiro atoms. The highest BCUT2D eigenvalue weighted by molar-refractivity contribution is 6.44. The van der Waals surface area contributed by atoms with Crippen molar-refractivity contribution in [2.75, 3.05) is 31.6 Å². The molecule has 1 aromatic rings. The van der Waals surface area contributed by atoms with Gasteiger partial charge in [0, 0.05) is 13.1 Å². The summed E-state index contributed by atoms with van der Waals surface area (Å²) in [7, 11) is 0. The number of rotatable bonds is 3. The maximum atomic E-state index is 12.6. The molecule has 0 unspecified atom stereocenters. The van der Waals surface area contributed by atoms with E-state index in [1.54, 1.807) is 23.1 Å². The van der Waals surface area contributed by atoms with E-state index in [0.29, 0.717) is 49.9 Å². The molecule has 0 bridgehead atoms. The Labute approximate surface area is 138 Å². The first-order valence-electron chi connectivity index (χ1n) is 7.17. The van der Waals surface area contributed by atoms with Gasteiger partial charge < -0.3 is 15.0 Å². The molecule has 3 rings (SSSR count). The second-order valence-electron chi connectivity index (χ2n) is 5.54. The van der Waals surface area contributed by atoms with Crippen molar-refractivity contribution in [1.29, 1.82) is 0 Å². The third-order valence-electron chi connectivity index (χ3n) is 4.09. The topological polar surface area (TPSA) is 58.6 Å². The third-order valence-corrected chi connectivity index (χ3v) is 4.91. The highest BCUT2D eigenvalue weighted by atomic mass is 35.5. The number of anilines is 1. The number of ether oxygens (including phenoxy) is 1. The molecule has 2 amide bonds. The van der Waals surface area contributed by atoms with Crippen LogP contribution in [-0.4, -0.2) is 43.0 Å². The van der Waals surface area contributed by atoms with Gasteiger partial charge >= 0.3 is 0 Å². The number of nitrogens with one attached hydrogen (secondary N) is 1. The van der Waals surface area contributed by atoms with Crippen molar-refractivity contribution >= 4 is 40.7 Å². The lowest BCUT2D eigenvalue weighted by atomic mass is 10.0. The minimum absolute atomic E-state index is 0.119. The van der Waals surface area contributed by atoms with Crippen LogP contribution >= 0.6 is 23.2 Å². The summed E-state index contributed by atoms with van der Waals surface area (Å²) in [6.07, 6.45) is 1.13. The largest absolute Gasteiger partial charge is 0.378 e. The van der Waals surface area contributed by atoms with E-state index in [1.807, 2.05) is 0 Å². The number of benzene rings is 1. The molecule has 1 aliphatic carbocycles. The molecule has 1 N–H and O–H groups in total. The van der Waals surface area contributed by atoms with Crippen molar-refractivity contribution in [3.8, 4) is 0 Å². The number of hydrogen-bond donors (Lipinski definition) is 1. The molecule has 5 nitrogen and oxygen atoms in total.